The Morgan fingerprint density at radius 1 is 1.00 bits per heavy atom. The molecule has 3 heterocycles. The third-order valence-corrected chi connectivity index (χ3v) is 10.5. The van der Waals surface area contributed by atoms with E-state index in [1.165, 1.54) is 0 Å². The van der Waals surface area contributed by atoms with Crippen LogP contribution in [0.5, 0.6) is 17.2 Å². The summed E-state index contributed by atoms with van der Waals surface area (Å²) in [6.07, 6.45) is 2.08. The fourth-order valence-electron chi connectivity index (χ4n) is 7.81. The van der Waals surface area contributed by atoms with Gasteiger partial charge in [-0.25, -0.2) is 9.59 Å². The number of guanidine groups is 1. The van der Waals surface area contributed by atoms with Crippen LogP contribution in [-0.2, 0) is 34.3 Å². The van der Waals surface area contributed by atoms with E-state index in [9.17, 15) is 24.0 Å². The number of hydrogen-bond donors (Lipinski definition) is 4. The molecule has 2 unspecified atom stereocenters. The van der Waals surface area contributed by atoms with Gasteiger partial charge in [0.25, 0.3) is 5.78 Å². The average molecular weight is 797 g/mol. The molecule has 3 aromatic rings. The van der Waals surface area contributed by atoms with Crippen molar-refractivity contribution in [2.75, 3.05) is 32.1 Å². The number of nitrogens with one attached hydrogen (secondary N) is 2. The minimum absolute atomic E-state index is 0.0553. The summed E-state index contributed by atoms with van der Waals surface area (Å²) in [6.45, 7) is 9.57. The maximum Gasteiger partial charge on any atom is 0.377 e. The number of nitrogens with zero attached hydrogens (tertiary/aromatic N) is 2. The molecule has 0 radical (unpaired) electrons. The van der Waals surface area contributed by atoms with Crippen LogP contribution in [0.2, 0.25) is 0 Å². The Labute approximate surface area is 337 Å². The van der Waals surface area contributed by atoms with Crippen molar-refractivity contribution in [3.63, 3.8) is 0 Å². The van der Waals surface area contributed by atoms with Gasteiger partial charge in [0.1, 0.15) is 28.9 Å². The molecule has 0 saturated carbocycles. The molecule has 15 heteroatoms. The zero-order valence-electron chi connectivity index (χ0n) is 33.8. The van der Waals surface area contributed by atoms with Crippen molar-refractivity contribution in [2.45, 2.75) is 83.6 Å². The summed E-state index contributed by atoms with van der Waals surface area (Å²) in [5, 5.41) is 5.85. The number of rotatable bonds is 14. The third-order valence-electron chi connectivity index (χ3n) is 10.5. The molecule has 0 bridgehead atoms. The van der Waals surface area contributed by atoms with E-state index in [4.69, 9.17) is 30.4 Å². The van der Waals surface area contributed by atoms with Gasteiger partial charge in [-0.15, -0.1) is 0 Å². The van der Waals surface area contributed by atoms with E-state index in [2.05, 4.69) is 15.6 Å². The number of para-hydroxylation sites is 1. The van der Waals surface area contributed by atoms with E-state index in [0.29, 0.717) is 84.0 Å². The van der Waals surface area contributed by atoms with Crippen LogP contribution in [0.1, 0.15) is 87.4 Å². The number of hydrogen-bond acceptors (Lipinski definition) is 11. The number of benzene rings is 3. The second-order valence-corrected chi connectivity index (χ2v) is 16.2. The Morgan fingerprint density at radius 3 is 2.45 bits per heavy atom. The lowest BCUT2D eigenvalue weighted by molar-refractivity contribution is -0.164. The molecule has 3 aliphatic heterocycles. The number of esters is 2. The highest BCUT2D eigenvalue weighted by Gasteiger charge is 2.53. The first-order chi connectivity index (χ1) is 27.5. The maximum absolute atomic E-state index is 14.2. The molecule has 3 aliphatic rings. The van der Waals surface area contributed by atoms with E-state index >= 15 is 0 Å². The van der Waals surface area contributed by atoms with Gasteiger partial charge < -0.3 is 41.0 Å². The number of fused-ring (bicyclic) bond motifs is 6. The molecule has 308 valence electrons. The largest absolute Gasteiger partial charge is 0.497 e. The minimum atomic E-state index is -1.32. The molecule has 3 aromatic carbocycles. The Hall–Kier alpha value is -5.96. The minimum Gasteiger partial charge on any atom is -0.497 e. The molecule has 0 aliphatic carbocycles. The average Bonchev–Trinajstić information content (AvgIpc) is 3.75. The highest BCUT2D eigenvalue weighted by atomic mass is 16.6. The monoisotopic (exact) mass is 796 g/mol. The van der Waals surface area contributed by atoms with Gasteiger partial charge in [0.05, 0.1) is 24.6 Å². The van der Waals surface area contributed by atoms with Gasteiger partial charge in [-0.05, 0) is 95.3 Å². The van der Waals surface area contributed by atoms with Crippen molar-refractivity contribution in [1.29, 1.82) is 0 Å². The Balaban J connectivity index is 1.24. The Morgan fingerprint density at radius 2 is 1.74 bits per heavy atom. The standard InChI is InChI=1S/C43H52N6O9/c1-24(2)35(36(50)40(54)57-42(3,4)5)48-38(52)32-13-10-20-49(32)23-25(11-9-19-46-41(44)45)37(51)47-26-15-18-30-34(21-26)56-33-14-8-7-12-29(33)43(30)31-22-27(55-6)16-17-28(31)39(53)58-43/h7-8,12,14-18,21-22,24-25,32,35H,9-11,13,19-20,23H2,1-6H3,(H,47,51)(H,48,52)(H4,44,45,46)/t25?,32-,35-,43?/m0/s1. The number of methoxy groups -OCH3 is 1. The second kappa shape index (κ2) is 16.9. The summed E-state index contributed by atoms with van der Waals surface area (Å²) in [4.78, 5) is 73.1. The zero-order chi connectivity index (χ0) is 41.9. The summed E-state index contributed by atoms with van der Waals surface area (Å²) < 4.78 is 23.5. The lowest BCUT2D eigenvalue weighted by Crippen LogP contribution is -2.54. The van der Waals surface area contributed by atoms with Gasteiger partial charge >= 0.3 is 11.9 Å². The fourth-order valence-corrected chi connectivity index (χ4v) is 7.81. The number of carbonyl (C=O) groups excluding carboxylic acids is 5. The summed E-state index contributed by atoms with van der Waals surface area (Å²) in [5.41, 5.74) is 11.6. The maximum atomic E-state index is 14.2. The number of nitrogens with two attached hydrogens (primary N) is 2. The molecule has 4 atom stereocenters. The van der Waals surface area contributed by atoms with Crippen LogP contribution in [0.15, 0.2) is 65.7 Å². The molecular weight excluding hydrogens is 745 g/mol. The predicted octanol–water partition coefficient (Wildman–Crippen LogP) is 4.39. The second-order valence-electron chi connectivity index (χ2n) is 16.2. The summed E-state index contributed by atoms with van der Waals surface area (Å²) in [5.74, 6) is -2.61. The van der Waals surface area contributed by atoms with E-state index in [1.54, 1.807) is 84.2 Å². The summed E-state index contributed by atoms with van der Waals surface area (Å²) in [6, 6.07) is 16.0. The van der Waals surface area contributed by atoms with Crippen LogP contribution < -0.4 is 31.6 Å². The van der Waals surface area contributed by atoms with Gasteiger partial charge in [-0.1, -0.05) is 32.0 Å². The molecule has 0 aromatic heterocycles. The first-order valence-electron chi connectivity index (χ1n) is 19.5. The van der Waals surface area contributed by atoms with Crippen LogP contribution >= 0.6 is 0 Å². The summed E-state index contributed by atoms with van der Waals surface area (Å²) >= 11 is 0. The van der Waals surface area contributed by atoms with Crippen LogP contribution in [0.4, 0.5) is 5.69 Å². The lowest BCUT2D eigenvalue weighted by atomic mass is 9.77. The van der Waals surface area contributed by atoms with Crippen molar-refractivity contribution in [1.82, 2.24) is 10.2 Å². The van der Waals surface area contributed by atoms with Crippen molar-refractivity contribution in [3.8, 4) is 17.2 Å². The molecule has 15 nitrogen and oxygen atoms in total. The molecule has 6 N–H and O–H groups in total. The van der Waals surface area contributed by atoms with Gasteiger partial charge in [0.2, 0.25) is 11.8 Å². The topological polar surface area (TPSA) is 214 Å². The normalized spacial score (nSPS) is 19.2. The molecule has 1 fully saturated rings. The first kappa shape index (κ1) is 41.7. The van der Waals surface area contributed by atoms with Gasteiger partial charge in [-0.2, -0.15) is 0 Å². The predicted molar refractivity (Wildman–Crippen MR) is 215 cm³/mol. The van der Waals surface area contributed by atoms with Gasteiger partial charge in [-0.3, -0.25) is 24.3 Å². The zero-order valence-corrected chi connectivity index (χ0v) is 33.8. The highest BCUT2D eigenvalue weighted by Crippen LogP contribution is 2.56. The van der Waals surface area contributed by atoms with E-state index in [1.807, 2.05) is 23.1 Å². The lowest BCUT2D eigenvalue weighted by Gasteiger charge is -2.36. The quantitative estimate of drug-likeness (QED) is 0.0588. The summed E-state index contributed by atoms with van der Waals surface area (Å²) in [7, 11) is 1.55. The molecule has 2 amide bonds. The van der Waals surface area contributed by atoms with Crippen molar-refractivity contribution in [3.05, 3.63) is 82.9 Å². The number of amides is 2. The number of ether oxygens (including phenoxy) is 4. The fraction of sp³-hybridized carbons (Fsp3) is 0.442. The van der Waals surface area contributed by atoms with Crippen LogP contribution in [0.25, 0.3) is 0 Å². The van der Waals surface area contributed by atoms with Crippen molar-refractivity contribution >= 4 is 41.2 Å². The SMILES string of the molecule is COc1ccc2c(c1)C1(OC2=O)c2ccccc2Oc2cc(NC(=O)C(CCCN=C(N)N)CN3CCC[C@H]3C(=O)N[C@H](C(=O)C(=O)OC(C)(C)C)C(C)C)ccc21. The highest BCUT2D eigenvalue weighted by molar-refractivity contribution is 6.36. The molecular formula is C43H52N6O9. The van der Waals surface area contributed by atoms with Crippen LogP contribution in [0.3, 0.4) is 0 Å². The third kappa shape index (κ3) is 8.64. The molecule has 1 spiro atoms. The number of aliphatic imine (C=N–C) groups is 1. The Bertz CT molecular complexity index is 2120. The van der Waals surface area contributed by atoms with Gasteiger partial charge in [0, 0.05) is 41.5 Å². The molecule has 1 saturated heterocycles. The van der Waals surface area contributed by atoms with Crippen molar-refractivity contribution in [2.24, 2.45) is 28.3 Å². The Kier molecular flexibility index (Phi) is 12.1. The molecule has 6 rings (SSSR count). The number of ketones is 1. The number of likely N-dealkylation sites (tertiary alicyclic amines) is 1. The smallest absolute Gasteiger partial charge is 0.377 e. The molecule has 58 heavy (non-hydrogen) atoms. The van der Waals surface area contributed by atoms with Crippen molar-refractivity contribution < 1.29 is 42.9 Å². The van der Waals surface area contributed by atoms with Gasteiger partial charge in [0.15, 0.2) is 11.6 Å². The first-order valence-corrected chi connectivity index (χ1v) is 19.5. The van der Waals surface area contributed by atoms with Crippen LogP contribution in [0, 0.1) is 11.8 Å². The number of carbonyl (C=O) groups is 5. The van der Waals surface area contributed by atoms with E-state index in [-0.39, 0.29) is 24.3 Å². The number of anilines is 1. The number of Topliss-reactive ketones (excluding diaryl/α,β-unsaturated/α-hetero) is 1. The van der Waals surface area contributed by atoms with E-state index in [0.717, 1.165) is 0 Å². The van der Waals surface area contributed by atoms with Crippen LogP contribution in [-0.4, -0.2) is 84.8 Å². The van der Waals surface area contributed by atoms with E-state index < -0.39 is 52.8 Å².